The Labute approximate surface area is 118 Å². The molecule has 0 saturated heterocycles. The molecule has 98 valence electrons. The largest absolute Gasteiger partial charge is 0.444 e. The first-order chi connectivity index (χ1) is 8.69. The second-order valence-electron chi connectivity index (χ2n) is 3.96. The van der Waals surface area contributed by atoms with Gasteiger partial charge in [0.05, 0.1) is 5.75 Å². The summed E-state index contributed by atoms with van der Waals surface area (Å²) in [6.07, 6.45) is 0. The van der Waals surface area contributed by atoms with Gasteiger partial charge in [-0.3, -0.25) is 0 Å². The topological polar surface area (TPSA) is 78.1 Å². The summed E-state index contributed by atoms with van der Waals surface area (Å²) in [4.78, 5) is 0. The Kier molecular flexibility index (Phi) is 4.85. The molecule has 2 aromatic rings. The summed E-state index contributed by atoms with van der Waals surface area (Å²) >= 11 is 4.97. The van der Waals surface area contributed by atoms with Crippen LogP contribution in [0.2, 0.25) is 0 Å². The van der Waals surface area contributed by atoms with Gasteiger partial charge in [-0.25, -0.2) is 0 Å². The molecule has 0 radical (unpaired) electrons. The monoisotopic (exact) mass is 331 g/mol. The van der Waals surface area contributed by atoms with Crippen LogP contribution in [0.3, 0.4) is 0 Å². The molecule has 0 aromatic carbocycles. The van der Waals surface area contributed by atoms with Crippen LogP contribution in [-0.2, 0) is 5.75 Å². The molecule has 0 amide bonds. The Balaban J connectivity index is 1.90. The van der Waals surface area contributed by atoms with Crippen LogP contribution in [-0.4, -0.2) is 22.5 Å². The first-order valence-electron chi connectivity index (χ1n) is 5.55. The third-order valence-electron chi connectivity index (χ3n) is 2.28. The first-order valence-corrected chi connectivity index (χ1v) is 7.49. The summed E-state index contributed by atoms with van der Waals surface area (Å²) in [7, 11) is 0. The average Bonchev–Trinajstić information content (AvgIpc) is 2.97. The van der Waals surface area contributed by atoms with Crippen molar-refractivity contribution in [3.05, 3.63) is 22.7 Å². The second-order valence-corrected chi connectivity index (χ2v) is 5.77. The van der Waals surface area contributed by atoms with Crippen molar-refractivity contribution < 1.29 is 8.83 Å². The molecule has 5 nitrogen and oxygen atoms in total. The lowest BCUT2D eigenvalue weighted by atomic mass is 10.2. The second kappa shape index (κ2) is 6.40. The summed E-state index contributed by atoms with van der Waals surface area (Å²) in [5.74, 6) is 3.76. The number of nitrogens with two attached hydrogens (primary N) is 1. The van der Waals surface area contributed by atoms with Crippen molar-refractivity contribution in [1.82, 2.24) is 10.2 Å². The van der Waals surface area contributed by atoms with E-state index in [9.17, 15) is 0 Å². The van der Waals surface area contributed by atoms with Crippen LogP contribution in [0.25, 0.3) is 11.7 Å². The van der Waals surface area contributed by atoms with Crippen molar-refractivity contribution in [2.24, 2.45) is 11.7 Å². The minimum atomic E-state index is 0.406. The van der Waals surface area contributed by atoms with E-state index in [2.05, 4.69) is 33.1 Å². The first kappa shape index (κ1) is 13.6. The van der Waals surface area contributed by atoms with Crippen LogP contribution in [0.1, 0.15) is 12.8 Å². The molecule has 1 atom stereocenters. The van der Waals surface area contributed by atoms with Crippen LogP contribution < -0.4 is 5.73 Å². The summed E-state index contributed by atoms with van der Waals surface area (Å²) in [5.41, 5.74) is 5.55. The predicted molar refractivity (Wildman–Crippen MR) is 74.1 cm³/mol. The maximum Gasteiger partial charge on any atom is 0.283 e. The maximum absolute atomic E-state index is 5.55. The van der Waals surface area contributed by atoms with E-state index < -0.39 is 0 Å². The molecule has 1 unspecified atom stereocenters. The van der Waals surface area contributed by atoms with Gasteiger partial charge in [0.1, 0.15) is 0 Å². The van der Waals surface area contributed by atoms with Crippen molar-refractivity contribution in [3.63, 3.8) is 0 Å². The minimum absolute atomic E-state index is 0.406. The molecule has 2 rings (SSSR count). The number of rotatable bonds is 6. The molecule has 18 heavy (non-hydrogen) atoms. The number of nitrogens with zero attached hydrogens (tertiary/aromatic N) is 2. The van der Waals surface area contributed by atoms with Gasteiger partial charge in [-0.15, -0.1) is 10.2 Å². The smallest absolute Gasteiger partial charge is 0.283 e. The number of furan rings is 1. The van der Waals surface area contributed by atoms with E-state index in [1.807, 2.05) is 0 Å². The van der Waals surface area contributed by atoms with E-state index in [-0.39, 0.29) is 0 Å². The Morgan fingerprint density at radius 2 is 2.22 bits per heavy atom. The predicted octanol–water partition coefficient (Wildman–Crippen LogP) is 2.92. The van der Waals surface area contributed by atoms with E-state index in [1.165, 1.54) is 0 Å². The lowest BCUT2D eigenvalue weighted by Gasteiger charge is -2.05. The summed E-state index contributed by atoms with van der Waals surface area (Å²) in [6.45, 7) is 2.81. The van der Waals surface area contributed by atoms with Crippen molar-refractivity contribution in [2.75, 3.05) is 12.3 Å². The highest BCUT2D eigenvalue weighted by Gasteiger charge is 2.12. The third kappa shape index (κ3) is 3.60. The molecule has 7 heteroatoms. The zero-order valence-corrected chi connectivity index (χ0v) is 12.3. The summed E-state index contributed by atoms with van der Waals surface area (Å²) < 4.78 is 11.5. The highest BCUT2D eigenvalue weighted by molar-refractivity contribution is 9.10. The number of thioether (sulfide) groups is 1. The van der Waals surface area contributed by atoms with Crippen molar-refractivity contribution >= 4 is 27.7 Å². The summed E-state index contributed by atoms with van der Waals surface area (Å²) in [6, 6.07) is 3.57. The quantitative estimate of drug-likeness (QED) is 0.876. The molecule has 2 heterocycles. The number of halogens is 1. The SMILES string of the molecule is CC(CN)CSCc1nnc(-c2ccc(Br)o2)o1. The standard InChI is InChI=1S/C11H14BrN3O2S/c1-7(4-13)5-18-6-10-14-15-11(17-10)8-2-3-9(12)16-8/h2-3,7H,4-6,13H2,1H3. The Hall–Kier alpha value is -0.790. The Morgan fingerprint density at radius 3 is 2.89 bits per heavy atom. The molecule has 2 N–H and O–H groups in total. The molecule has 0 fully saturated rings. The Morgan fingerprint density at radius 1 is 1.39 bits per heavy atom. The molecular formula is C11H14BrN3O2S. The van der Waals surface area contributed by atoms with Crippen LogP contribution in [0, 0.1) is 5.92 Å². The van der Waals surface area contributed by atoms with Gasteiger partial charge < -0.3 is 14.6 Å². The lowest BCUT2D eigenvalue weighted by Crippen LogP contribution is -2.12. The van der Waals surface area contributed by atoms with E-state index in [4.69, 9.17) is 14.6 Å². The fourth-order valence-electron chi connectivity index (χ4n) is 1.26. The van der Waals surface area contributed by atoms with Gasteiger partial charge in [0.15, 0.2) is 10.4 Å². The van der Waals surface area contributed by atoms with E-state index in [0.29, 0.717) is 40.4 Å². The molecule has 0 saturated carbocycles. The Bertz CT molecular complexity index is 500. The number of aromatic nitrogens is 2. The van der Waals surface area contributed by atoms with Crippen molar-refractivity contribution in [3.8, 4) is 11.7 Å². The zero-order valence-electron chi connectivity index (χ0n) is 9.93. The summed E-state index contributed by atoms with van der Waals surface area (Å²) in [5, 5.41) is 7.93. The third-order valence-corrected chi connectivity index (χ3v) is 3.96. The minimum Gasteiger partial charge on any atom is -0.444 e. The highest BCUT2D eigenvalue weighted by atomic mass is 79.9. The molecule has 0 aliphatic heterocycles. The molecule has 2 aromatic heterocycles. The van der Waals surface area contributed by atoms with Crippen LogP contribution >= 0.6 is 27.7 Å². The molecule has 0 aliphatic carbocycles. The van der Waals surface area contributed by atoms with Gasteiger partial charge in [0.2, 0.25) is 5.89 Å². The molecule has 0 bridgehead atoms. The van der Waals surface area contributed by atoms with Gasteiger partial charge in [-0.05, 0) is 46.3 Å². The van der Waals surface area contributed by atoms with Crippen molar-refractivity contribution in [2.45, 2.75) is 12.7 Å². The number of hydrogen-bond donors (Lipinski definition) is 1. The zero-order chi connectivity index (χ0) is 13.0. The van der Waals surface area contributed by atoms with Gasteiger partial charge in [0.25, 0.3) is 5.89 Å². The fraction of sp³-hybridized carbons (Fsp3) is 0.455. The van der Waals surface area contributed by atoms with E-state index in [0.717, 1.165) is 5.75 Å². The molecule has 0 aliphatic rings. The van der Waals surface area contributed by atoms with E-state index >= 15 is 0 Å². The van der Waals surface area contributed by atoms with E-state index in [1.54, 1.807) is 23.9 Å². The number of hydrogen-bond acceptors (Lipinski definition) is 6. The van der Waals surface area contributed by atoms with Crippen LogP contribution in [0.5, 0.6) is 0 Å². The van der Waals surface area contributed by atoms with Gasteiger partial charge in [0, 0.05) is 0 Å². The van der Waals surface area contributed by atoms with Gasteiger partial charge in [-0.1, -0.05) is 6.92 Å². The normalized spacial score (nSPS) is 12.8. The van der Waals surface area contributed by atoms with Gasteiger partial charge >= 0.3 is 0 Å². The van der Waals surface area contributed by atoms with Crippen LogP contribution in [0.4, 0.5) is 0 Å². The average molecular weight is 332 g/mol. The lowest BCUT2D eigenvalue weighted by molar-refractivity contribution is 0.486. The highest BCUT2D eigenvalue weighted by Crippen LogP contribution is 2.24. The maximum atomic E-state index is 5.55. The molecule has 0 spiro atoms. The van der Waals surface area contributed by atoms with Gasteiger partial charge in [-0.2, -0.15) is 11.8 Å². The van der Waals surface area contributed by atoms with Crippen molar-refractivity contribution in [1.29, 1.82) is 0 Å². The fourth-order valence-corrected chi connectivity index (χ4v) is 2.51. The molecular weight excluding hydrogens is 318 g/mol. The van der Waals surface area contributed by atoms with Crippen LogP contribution in [0.15, 0.2) is 25.6 Å².